The number of rotatable bonds is 6. The summed E-state index contributed by atoms with van der Waals surface area (Å²) in [7, 11) is 0. The maximum absolute atomic E-state index is 11.3. The summed E-state index contributed by atoms with van der Waals surface area (Å²) in [5, 5.41) is 9.49. The molecule has 0 saturated carbocycles. The Morgan fingerprint density at radius 1 is 1.40 bits per heavy atom. The molecule has 4 N–H and O–H groups in total. The lowest BCUT2D eigenvalue weighted by molar-refractivity contribution is 0.0949. The van der Waals surface area contributed by atoms with Gasteiger partial charge >= 0.3 is 0 Å². The van der Waals surface area contributed by atoms with Crippen molar-refractivity contribution in [2.75, 3.05) is 6.61 Å². The fourth-order valence-corrected chi connectivity index (χ4v) is 2.04. The van der Waals surface area contributed by atoms with Gasteiger partial charge in [-0.05, 0) is 18.4 Å². The number of hydrogen-bond acceptors (Lipinski definition) is 4. The predicted octanol–water partition coefficient (Wildman–Crippen LogP) is 0.653. The van der Waals surface area contributed by atoms with Gasteiger partial charge in [0.2, 0.25) is 0 Å². The van der Waals surface area contributed by atoms with Gasteiger partial charge in [-0.15, -0.1) is 0 Å². The number of aromatic nitrogens is 2. The fourth-order valence-electron chi connectivity index (χ4n) is 2.04. The Labute approximate surface area is 117 Å². The lowest BCUT2D eigenvalue weighted by atomic mass is 10.1. The van der Waals surface area contributed by atoms with Gasteiger partial charge in [-0.3, -0.25) is 10.2 Å². The molecule has 20 heavy (non-hydrogen) atoms. The summed E-state index contributed by atoms with van der Waals surface area (Å²) in [4.78, 5) is 15.3. The molecule has 1 amide bonds. The maximum Gasteiger partial charge on any atom is 0.285 e. The van der Waals surface area contributed by atoms with Crippen molar-refractivity contribution in [1.29, 1.82) is 0 Å². The van der Waals surface area contributed by atoms with Crippen LogP contribution in [0, 0.1) is 0 Å². The Morgan fingerprint density at radius 3 is 2.80 bits per heavy atom. The standard InChI is InChI=1S/C14H18N4O2/c15-17-14(20)13-8-18(10-16-13)12(9-19)7-6-11-4-2-1-3-5-11/h1-5,8,10,12,19H,6-7,9,15H2,(H,17,20)/t12-/m0/s1. The normalized spacial score (nSPS) is 12.1. The second-order valence-corrected chi connectivity index (χ2v) is 4.54. The average Bonchev–Trinajstić information content (AvgIpc) is 2.98. The molecule has 2 aromatic rings. The lowest BCUT2D eigenvalue weighted by Gasteiger charge is -2.15. The van der Waals surface area contributed by atoms with Gasteiger partial charge in [0.15, 0.2) is 0 Å². The molecule has 2 rings (SSSR count). The van der Waals surface area contributed by atoms with Crippen LogP contribution >= 0.6 is 0 Å². The fraction of sp³-hybridized carbons (Fsp3) is 0.286. The molecule has 0 aliphatic heterocycles. The van der Waals surface area contributed by atoms with E-state index in [1.165, 1.54) is 11.9 Å². The number of nitrogens with zero attached hydrogens (tertiary/aromatic N) is 2. The van der Waals surface area contributed by atoms with Crippen LogP contribution in [0.15, 0.2) is 42.9 Å². The molecule has 106 valence electrons. The first-order chi connectivity index (χ1) is 9.74. The second kappa shape index (κ2) is 6.83. The Bertz CT molecular complexity index is 553. The van der Waals surface area contributed by atoms with E-state index in [1.54, 1.807) is 10.8 Å². The van der Waals surface area contributed by atoms with Gasteiger partial charge in [0.05, 0.1) is 19.0 Å². The van der Waals surface area contributed by atoms with Crippen LogP contribution in [-0.2, 0) is 6.42 Å². The largest absolute Gasteiger partial charge is 0.394 e. The number of amides is 1. The van der Waals surface area contributed by atoms with E-state index in [0.29, 0.717) is 0 Å². The number of aliphatic hydroxyl groups is 1. The quantitative estimate of drug-likeness (QED) is 0.409. The van der Waals surface area contributed by atoms with Crippen LogP contribution in [0.2, 0.25) is 0 Å². The van der Waals surface area contributed by atoms with Gasteiger partial charge in [-0.25, -0.2) is 10.8 Å². The molecule has 6 nitrogen and oxygen atoms in total. The van der Waals surface area contributed by atoms with Crippen molar-refractivity contribution in [3.05, 3.63) is 54.1 Å². The van der Waals surface area contributed by atoms with E-state index in [2.05, 4.69) is 17.1 Å². The Kier molecular flexibility index (Phi) is 4.86. The van der Waals surface area contributed by atoms with E-state index < -0.39 is 5.91 Å². The zero-order chi connectivity index (χ0) is 14.4. The summed E-state index contributed by atoms with van der Waals surface area (Å²) < 4.78 is 1.74. The molecule has 0 bridgehead atoms. The van der Waals surface area contributed by atoms with Crippen molar-refractivity contribution in [2.45, 2.75) is 18.9 Å². The highest BCUT2D eigenvalue weighted by atomic mass is 16.3. The van der Waals surface area contributed by atoms with Gasteiger partial charge in [-0.1, -0.05) is 30.3 Å². The van der Waals surface area contributed by atoms with Gasteiger partial charge in [0.1, 0.15) is 5.69 Å². The number of benzene rings is 1. The highest BCUT2D eigenvalue weighted by Crippen LogP contribution is 2.15. The zero-order valence-electron chi connectivity index (χ0n) is 11.1. The third-order valence-corrected chi connectivity index (χ3v) is 3.21. The van der Waals surface area contributed by atoms with Crippen molar-refractivity contribution < 1.29 is 9.90 Å². The summed E-state index contributed by atoms with van der Waals surface area (Å²) in [5.74, 6) is 4.62. The first-order valence-corrected chi connectivity index (χ1v) is 6.43. The lowest BCUT2D eigenvalue weighted by Crippen LogP contribution is -2.30. The molecule has 0 unspecified atom stereocenters. The number of hydrogen-bond donors (Lipinski definition) is 3. The number of carbonyl (C=O) groups is 1. The molecule has 1 aromatic carbocycles. The average molecular weight is 274 g/mol. The smallest absolute Gasteiger partial charge is 0.285 e. The number of nitrogens with two attached hydrogens (primary N) is 1. The minimum Gasteiger partial charge on any atom is -0.394 e. The number of nitrogens with one attached hydrogen (secondary N) is 1. The highest BCUT2D eigenvalue weighted by molar-refractivity contribution is 5.91. The number of aryl methyl sites for hydroxylation is 1. The summed E-state index contributed by atoms with van der Waals surface area (Å²) in [6.07, 6.45) is 4.74. The summed E-state index contributed by atoms with van der Waals surface area (Å²) in [6.45, 7) is -0.00707. The molecule has 0 radical (unpaired) electrons. The molecule has 0 fully saturated rings. The van der Waals surface area contributed by atoms with E-state index in [4.69, 9.17) is 5.84 Å². The summed E-state index contributed by atoms with van der Waals surface area (Å²) >= 11 is 0. The van der Waals surface area contributed by atoms with Crippen LogP contribution in [0.3, 0.4) is 0 Å². The van der Waals surface area contributed by atoms with E-state index >= 15 is 0 Å². The number of nitrogen functional groups attached to an aromatic ring is 1. The summed E-state index contributed by atoms with van der Waals surface area (Å²) in [6, 6.07) is 9.95. The molecular formula is C14H18N4O2. The van der Waals surface area contributed by atoms with Crippen molar-refractivity contribution >= 4 is 5.91 Å². The van der Waals surface area contributed by atoms with Crippen LogP contribution in [-0.4, -0.2) is 27.2 Å². The van der Waals surface area contributed by atoms with Gasteiger partial charge in [0, 0.05) is 6.20 Å². The molecule has 1 aromatic heterocycles. The zero-order valence-corrected chi connectivity index (χ0v) is 11.1. The summed E-state index contributed by atoms with van der Waals surface area (Å²) in [5.41, 5.74) is 3.49. The van der Waals surface area contributed by atoms with E-state index in [0.717, 1.165) is 12.8 Å². The van der Waals surface area contributed by atoms with Crippen LogP contribution < -0.4 is 11.3 Å². The minimum atomic E-state index is -0.441. The molecular weight excluding hydrogens is 256 g/mol. The number of imidazole rings is 1. The topological polar surface area (TPSA) is 93.2 Å². The Balaban J connectivity index is 2.01. The van der Waals surface area contributed by atoms with Gasteiger partial charge < -0.3 is 9.67 Å². The van der Waals surface area contributed by atoms with E-state index in [-0.39, 0.29) is 18.3 Å². The van der Waals surface area contributed by atoms with Crippen LogP contribution in [0.4, 0.5) is 0 Å². The van der Waals surface area contributed by atoms with Gasteiger partial charge in [-0.2, -0.15) is 0 Å². The Morgan fingerprint density at radius 2 is 2.15 bits per heavy atom. The van der Waals surface area contributed by atoms with Crippen molar-refractivity contribution in [1.82, 2.24) is 15.0 Å². The number of carbonyl (C=O) groups excluding carboxylic acids is 1. The Hall–Kier alpha value is -2.18. The molecule has 6 heteroatoms. The van der Waals surface area contributed by atoms with E-state index in [9.17, 15) is 9.90 Å². The molecule has 0 saturated heterocycles. The molecule has 0 aliphatic rings. The first-order valence-electron chi connectivity index (χ1n) is 6.43. The van der Waals surface area contributed by atoms with Crippen molar-refractivity contribution in [2.24, 2.45) is 5.84 Å². The number of aliphatic hydroxyl groups excluding tert-OH is 1. The predicted molar refractivity (Wildman–Crippen MR) is 74.8 cm³/mol. The molecule has 1 heterocycles. The monoisotopic (exact) mass is 274 g/mol. The third kappa shape index (κ3) is 3.43. The van der Waals surface area contributed by atoms with Crippen LogP contribution in [0.25, 0.3) is 0 Å². The third-order valence-electron chi connectivity index (χ3n) is 3.21. The SMILES string of the molecule is NNC(=O)c1cn([C@H](CO)CCc2ccccc2)cn1. The molecule has 1 atom stereocenters. The second-order valence-electron chi connectivity index (χ2n) is 4.54. The maximum atomic E-state index is 11.3. The highest BCUT2D eigenvalue weighted by Gasteiger charge is 2.13. The van der Waals surface area contributed by atoms with Crippen LogP contribution in [0.1, 0.15) is 28.5 Å². The molecule has 0 spiro atoms. The minimum absolute atomic E-state index is 0.00707. The number of hydrazine groups is 1. The van der Waals surface area contributed by atoms with E-state index in [1.807, 2.05) is 23.6 Å². The van der Waals surface area contributed by atoms with Crippen molar-refractivity contribution in [3.8, 4) is 0 Å². The molecule has 0 aliphatic carbocycles. The van der Waals surface area contributed by atoms with Crippen molar-refractivity contribution in [3.63, 3.8) is 0 Å². The first kappa shape index (κ1) is 14.2. The van der Waals surface area contributed by atoms with Crippen LogP contribution in [0.5, 0.6) is 0 Å². The van der Waals surface area contributed by atoms with Gasteiger partial charge in [0.25, 0.3) is 5.91 Å².